The summed E-state index contributed by atoms with van der Waals surface area (Å²) in [5.41, 5.74) is 0.658. The van der Waals surface area contributed by atoms with E-state index in [0.717, 1.165) is 0 Å². The summed E-state index contributed by atoms with van der Waals surface area (Å²) in [6, 6.07) is 6.63. The van der Waals surface area contributed by atoms with Crippen molar-refractivity contribution in [1.82, 2.24) is 4.57 Å². The number of benzene rings is 2. The van der Waals surface area contributed by atoms with E-state index in [1.54, 1.807) is 24.3 Å². The molecule has 0 amide bonds. The molecule has 9 heteroatoms. The van der Waals surface area contributed by atoms with E-state index >= 15 is 0 Å². The molecule has 1 aromatic heterocycles. The van der Waals surface area contributed by atoms with Crippen LogP contribution in [0.3, 0.4) is 0 Å². The van der Waals surface area contributed by atoms with Crippen LogP contribution < -0.4 is 29.2 Å². The van der Waals surface area contributed by atoms with Crippen LogP contribution in [-0.4, -0.2) is 53.2 Å². The molecule has 3 aromatic rings. The molecule has 0 atom stereocenters. The molecule has 0 fully saturated rings. The van der Waals surface area contributed by atoms with Crippen LogP contribution in [0, 0.1) is 0 Å². The van der Waals surface area contributed by atoms with Gasteiger partial charge in [-0.25, -0.2) is 4.79 Å². The van der Waals surface area contributed by atoms with Crippen LogP contribution in [0.4, 0.5) is 0 Å². The molecule has 170 valence electrons. The van der Waals surface area contributed by atoms with Gasteiger partial charge >= 0.3 is 5.97 Å². The zero-order valence-electron chi connectivity index (χ0n) is 19.0. The van der Waals surface area contributed by atoms with E-state index in [1.807, 2.05) is 0 Å². The fourth-order valence-electron chi connectivity index (χ4n) is 3.69. The number of methoxy groups -OCH3 is 6. The average molecular weight is 443 g/mol. The fraction of sp³-hybridized carbons (Fsp3) is 0.304. The first-order chi connectivity index (χ1) is 15.4. The van der Waals surface area contributed by atoms with Crippen molar-refractivity contribution in [2.24, 2.45) is 7.05 Å². The zero-order chi connectivity index (χ0) is 23.6. The summed E-state index contributed by atoms with van der Waals surface area (Å²) in [4.78, 5) is 26.0. The smallest absolute Gasteiger partial charge is 0.355 e. The minimum Gasteiger partial charge on any atom is -0.493 e. The molecule has 0 aliphatic carbocycles. The van der Waals surface area contributed by atoms with Crippen molar-refractivity contribution in [2.75, 3.05) is 42.7 Å². The summed E-state index contributed by atoms with van der Waals surface area (Å²) in [7, 11) is 10.2. The van der Waals surface area contributed by atoms with Crippen molar-refractivity contribution < 1.29 is 33.2 Å². The first-order valence-electron chi connectivity index (χ1n) is 9.54. The number of hydrogen-bond acceptors (Lipinski definition) is 8. The van der Waals surface area contributed by atoms with Crippen LogP contribution in [-0.2, 0) is 11.8 Å². The molecule has 3 rings (SSSR count). The molecule has 0 saturated heterocycles. The summed E-state index contributed by atoms with van der Waals surface area (Å²) in [6.45, 7) is 0. The maximum atomic E-state index is 13.2. The molecule has 0 radical (unpaired) electrons. The van der Waals surface area contributed by atoms with Gasteiger partial charge in [-0.3, -0.25) is 4.79 Å². The SMILES string of the molecule is COC(=O)c1c(-c2cc(OC)c(OC)c(OC)c2)c2cc(OC)c(OC)cc2c(=O)n1C. The number of ether oxygens (including phenoxy) is 6. The Hall–Kier alpha value is -3.88. The number of fused-ring (bicyclic) bond motifs is 1. The van der Waals surface area contributed by atoms with Crippen LogP contribution in [0.5, 0.6) is 28.7 Å². The number of carbonyl (C=O) groups is 1. The van der Waals surface area contributed by atoms with E-state index in [2.05, 4.69) is 0 Å². The molecule has 1 heterocycles. The van der Waals surface area contributed by atoms with E-state index in [4.69, 9.17) is 28.4 Å². The average Bonchev–Trinajstić information content (AvgIpc) is 2.83. The number of hydrogen-bond donors (Lipinski definition) is 0. The van der Waals surface area contributed by atoms with Crippen molar-refractivity contribution in [2.45, 2.75) is 0 Å². The summed E-state index contributed by atoms with van der Waals surface area (Å²) in [6.07, 6.45) is 0. The summed E-state index contributed by atoms with van der Waals surface area (Å²) >= 11 is 0. The lowest BCUT2D eigenvalue weighted by Gasteiger charge is -2.19. The van der Waals surface area contributed by atoms with Gasteiger partial charge in [0.2, 0.25) is 5.75 Å². The standard InChI is InChI=1S/C23H25NO8/c1-24-20(23(26)32-7)19(12-8-17(29-4)21(31-6)18(9-12)30-5)13-10-15(27-2)16(28-3)11-14(13)22(24)25/h8-11H,1-7H3. The van der Waals surface area contributed by atoms with Gasteiger partial charge in [0.1, 0.15) is 5.69 Å². The van der Waals surface area contributed by atoms with E-state index in [9.17, 15) is 9.59 Å². The quantitative estimate of drug-likeness (QED) is 0.515. The van der Waals surface area contributed by atoms with E-state index in [0.29, 0.717) is 50.6 Å². The van der Waals surface area contributed by atoms with Crippen LogP contribution in [0.2, 0.25) is 0 Å². The first kappa shape index (κ1) is 22.8. The van der Waals surface area contributed by atoms with Gasteiger partial charge in [0.15, 0.2) is 23.0 Å². The van der Waals surface area contributed by atoms with Gasteiger partial charge in [0, 0.05) is 18.0 Å². The summed E-state index contributed by atoms with van der Waals surface area (Å²) in [5.74, 6) is 1.29. The lowest BCUT2D eigenvalue weighted by Crippen LogP contribution is -2.25. The highest BCUT2D eigenvalue weighted by Gasteiger charge is 2.26. The highest BCUT2D eigenvalue weighted by atomic mass is 16.5. The number of rotatable bonds is 7. The number of aromatic nitrogens is 1. The topological polar surface area (TPSA) is 94.5 Å². The molecule has 0 spiro atoms. The monoisotopic (exact) mass is 443 g/mol. The lowest BCUT2D eigenvalue weighted by molar-refractivity contribution is 0.0589. The molecule has 0 aliphatic rings. The first-order valence-corrected chi connectivity index (χ1v) is 9.54. The van der Waals surface area contributed by atoms with E-state index in [-0.39, 0.29) is 5.69 Å². The van der Waals surface area contributed by atoms with Gasteiger partial charge in [-0.1, -0.05) is 0 Å². The van der Waals surface area contributed by atoms with Crippen LogP contribution in [0.15, 0.2) is 29.1 Å². The highest BCUT2D eigenvalue weighted by molar-refractivity contribution is 6.07. The minimum absolute atomic E-state index is 0.0616. The predicted molar refractivity (Wildman–Crippen MR) is 119 cm³/mol. The van der Waals surface area contributed by atoms with E-state index in [1.165, 1.54) is 54.3 Å². The second-order valence-electron chi connectivity index (χ2n) is 6.75. The minimum atomic E-state index is -0.676. The van der Waals surface area contributed by atoms with Crippen molar-refractivity contribution in [3.05, 3.63) is 40.3 Å². The molecule has 9 nitrogen and oxygen atoms in total. The molecule has 0 saturated carbocycles. The third-order valence-corrected chi connectivity index (χ3v) is 5.23. The molecule has 32 heavy (non-hydrogen) atoms. The molecular formula is C23H25NO8. The van der Waals surface area contributed by atoms with Crippen LogP contribution in [0.25, 0.3) is 21.9 Å². The number of esters is 1. The highest BCUT2D eigenvalue weighted by Crippen LogP contribution is 2.44. The maximum absolute atomic E-state index is 13.2. The van der Waals surface area contributed by atoms with E-state index < -0.39 is 11.5 Å². The third kappa shape index (κ3) is 3.55. The molecule has 0 bridgehead atoms. The van der Waals surface area contributed by atoms with Crippen molar-refractivity contribution >= 4 is 16.7 Å². The third-order valence-electron chi connectivity index (χ3n) is 5.23. The zero-order valence-corrected chi connectivity index (χ0v) is 19.0. The molecule has 0 aliphatic heterocycles. The van der Waals surface area contributed by atoms with Gasteiger partial charge in [-0.15, -0.1) is 0 Å². The Labute approximate surface area is 185 Å². The second kappa shape index (κ2) is 9.09. The van der Waals surface area contributed by atoms with Gasteiger partial charge in [0.25, 0.3) is 5.56 Å². The van der Waals surface area contributed by atoms with Crippen molar-refractivity contribution in [1.29, 1.82) is 0 Å². The van der Waals surface area contributed by atoms with Gasteiger partial charge in [-0.05, 0) is 29.8 Å². The fourth-order valence-corrected chi connectivity index (χ4v) is 3.69. The Kier molecular flexibility index (Phi) is 6.47. The van der Waals surface area contributed by atoms with Crippen LogP contribution in [0.1, 0.15) is 10.5 Å². The number of pyridine rings is 1. The number of carbonyl (C=O) groups excluding carboxylic acids is 1. The predicted octanol–water partition coefficient (Wildman–Crippen LogP) is 3.04. The molecular weight excluding hydrogens is 418 g/mol. The lowest BCUT2D eigenvalue weighted by atomic mass is 9.95. The normalized spacial score (nSPS) is 10.6. The molecule has 0 N–H and O–H groups in total. The molecule has 0 unspecified atom stereocenters. The van der Waals surface area contributed by atoms with Gasteiger partial charge in [0.05, 0.1) is 48.0 Å². The summed E-state index contributed by atoms with van der Waals surface area (Å²) in [5, 5.41) is 0.807. The van der Waals surface area contributed by atoms with Crippen molar-refractivity contribution in [3.63, 3.8) is 0 Å². The number of nitrogens with zero attached hydrogens (tertiary/aromatic N) is 1. The Morgan fingerprint density at radius 1 is 0.719 bits per heavy atom. The Bertz CT molecular complexity index is 1220. The molecule has 2 aromatic carbocycles. The Morgan fingerprint density at radius 3 is 1.66 bits per heavy atom. The Balaban J connectivity index is 2.58. The largest absolute Gasteiger partial charge is 0.493 e. The Morgan fingerprint density at radius 2 is 1.22 bits per heavy atom. The van der Waals surface area contributed by atoms with Gasteiger partial charge < -0.3 is 33.0 Å². The van der Waals surface area contributed by atoms with Crippen LogP contribution >= 0.6 is 0 Å². The second-order valence-corrected chi connectivity index (χ2v) is 6.75. The van der Waals surface area contributed by atoms with Crippen molar-refractivity contribution in [3.8, 4) is 39.9 Å². The maximum Gasteiger partial charge on any atom is 0.355 e. The summed E-state index contributed by atoms with van der Waals surface area (Å²) < 4.78 is 33.4. The van der Waals surface area contributed by atoms with Gasteiger partial charge in [-0.2, -0.15) is 0 Å².